The SMILES string of the molecule is CC(=O)O[C@H]1C2c3cccc4[nH]cc(c34)C[C@H]2N(C)C[C@@H]1C. The highest BCUT2D eigenvalue weighted by Crippen LogP contribution is 2.45. The summed E-state index contributed by atoms with van der Waals surface area (Å²) in [6, 6.07) is 6.83. The Balaban J connectivity index is 1.88. The number of hydrogen-bond acceptors (Lipinski definition) is 3. The maximum absolute atomic E-state index is 11.6. The molecule has 4 heteroatoms. The second-order valence-corrected chi connectivity index (χ2v) is 6.87. The van der Waals surface area contributed by atoms with Gasteiger partial charge in [0.2, 0.25) is 0 Å². The van der Waals surface area contributed by atoms with Crippen molar-refractivity contribution in [2.45, 2.75) is 38.3 Å². The van der Waals surface area contributed by atoms with E-state index in [1.54, 1.807) is 0 Å². The van der Waals surface area contributed by atoms with Crippen LogP contribution in [0.5, 0.6) is 0 Å². The van der Waals surface area contributed by atoms with E-state index in [0.29, 0.717) is 12.0 Å². The van der Waals surface area contributed by atoms with Crippen molar-refractivity contribution in [1.82, 2.24) is 9.88 Å². The van der Waals surface area contributed by atoms with Gasteiger partial charge < -0.3 is 14.6 Å². The van der Waals surface area contributed by atoms with Crippen LogP contribution in [0.15, 0.2) is 24.4 Å². The maximum Gasteiger partial charge on any atom is 0.302 e. The molecular formula is C18H22N2O2. The van der Waals surface area contributed by atoms with Crippen molar-refractivity contribution in [3.63, 3.8) is 0 Å². The molecule has 1 aliphatic carbocycles. The lowest BCUT2D eigenvalue weighted by atomic mass is 9.71. The monoisotopic (exact) mass is 298 g/mol. The third-order valence-electron chi connectivity index (χ3n) is 5.38. The van der Waals surface area contributed by atoms with Crippen molar-refractivity contribution in [2.75, 3.05) is 13.6 Å². The molecule has 1 unspecified atom stereocenters. The molecule has 2 aliphatic rings. The van der Waals surface area contributed by atoms with Crippen LogP contribution in [0, 0.1) is 5.92 Å². The number of nitrogens with zero attached hydrogens (tertiary/aromatic N) is 1. The van der Waals surface area contributed by atoms with E-state index >= 15 is 0 Å². The van der Waals surface area contributed by atoms with Gasteiger partial charge in [0.15, 0.2) is 0 Å². The van der Waals surface area contributed by atoms with Crippen LogP contribution in [-0.4, -0.2) is 41.6 Å². The number of rotatable bonds is 1. The van der Waals surface area contributed by atoms with Crippen LogP contribution < -0.4 is 0 Å². The molecule has 1 saturated heterocycles. The summed E-state index contributed by atoms with van der Waals surface area (Å²) in [5.74, 6) is 0.419. The molecule has 4 nitrogen and oxygen atoms in total. The highest BCUT2D eigenvalue weighted by atomic mass is 16.5. The average molecular weight is 298 g/mol. The van der Waals surface area contributed by atoms with E-state index in [0.717, 1.165) is 13.0 Å². The molecule has 1 N–H and O–H groups in total. The predicted molar refractivity (Wildman–Crippen MR) is 85.9 cm³/mol. The van der Waals surface area contributed by atoms with Crippen molar-refractivity contribution in [3.8, 4) is 0 Å². The molecule has 116 valence electrons. The van der Waals surface area contributed by atoms with Gasteiger partial charge in [-0.15, -0.1) is 0 Å². The summed E-state index contributed by atoms with van der Waals surface area (Å²) < 4.78 is 5.77. The Morgan fingerprint density at radius 3 is 3.00 bits per heavy atom. The quantitative estimate of drug-likeness (QED) is 0.823. The van der Waals surface area contributed by atoms with Crippen molar-refractivity contribution >= 4 is 16.9 Å². The Bertz CT molecular complexity index is 736. The summed E-state index contributed by atoms with van der Waals surface area (Å²) in [5, 5.41) is 1.34. The zero-order chi connectivity index (χ0) is 15.4. The van der Waals surface area contributed by atoms with Gasteiger partial charge in [-0.3, -0.25) is 4.79 Å². The minimum Gasteiger partial charge on any atom is -0.462 e. The number of carbonyl (C=O) groups excluding carboxylic acids is 1. The first kappa shape index (κ1) is 13.8. The lowest BCUT2D eigenvalue weighted by Gasteiger charge is -2.48. The molecule has 22 heavy (non-hydrogen) atoms. The Labute approximate surface area is 130 Å². The van der Waals surface area contributed by atoms with E-state index in [1.807, 2.05) is 0 Å². The molecule has 1 fully saturated rings. The standard InChI is InChI=1S/C18H22N2O2/c1-10-9-20(3)15-7-12-8-19-14-6-4-5-13(16(12)14)17(15)18(10)22-11(2)21/h4-6,8,10,15,17-19H,7,9H2,1-3H3/t10-,15+,17?,18+/m0/s1. The Morgan fingerprint density at radius 1 is 1.41 bits per heavy atom. The highest BCUT2D eigenvalue weighted by molar-refractivity contribution is 5.88. The first-order chi connectivity index (χ1) is 10.6. The van der Waals surface area contributed by atoms with Crippen LogP contribution in [0.2, 0.25) is 0 Å². The van der Waals surface area contributed by atoms with Gasteiger partial charge in [-0.25, -0.2) is 0 Å². The number of aromatic amines is 1. The van der Waals surface area contributed by atoms with E-state index in [1.165, 1.54) is 29.0 Å². The van der Waals surface area contributed by atoms with Crippen LogP contribution in [0.1, 0.15) is 30.9 Å². The maximum atomic E-state index is 11.6. The van der Waals surface area contributed by atoms with E-state index in [4.69, 9.17) is 4.74 Å². The van der Waals surface area contributed by atoms with Gasteiger partial charge in [0.25, 0.3) is 0 Å². The average Bonchev–Trinajstić information content (AvgIpc) is 2.88. The fraction of sp³-hybridized carbons (Fsp3) is 0.500. The third kappa shape index (κ3) is 1.90. The van der Waals surface area contributed by atoms with Gasteiger partial charge in [-0.1, -0.05) is 19.1 Å². The molecule has 0 bridgehead atoms. The number of likely N-dealkylation sites (tertiary alicyclic amines) is 1. The number of hydrogen-bond donors (Lipinski definition) is 1. The van der Waals surface area contributed by atoms with E-state index in [-0.39, 0.29) is 18.0 Å². The minimum absolute atomic E-state index is 0.0349. The summed E-state index contributed by atoms with van der Waals surface area (Å²) in [6.45, 7) is 4.67. The number of H-pyrrole nitrogens is 1. The number of ether oxygens (including phenoxy) is 1. The first-order valence-corrected chi connectivity index (χ1v) is 8.02. The molecule has 0 spiro atoms. The molecular weight excluding hydrogens is 276 g/mol. The summed E-state index contributed by atoms with van der Waals surface area (Å²) in [4.78, 5) is 17.4. The molecule has 4 rings (SSSR count). The van der Waals surface area contributed by atoms with E-state index in [2.05, 4.69) is 48.3 Å². The molecule has 0 amide bonds. The van der Waals surface area contributed by atoms with Crippen molar-refractivity contribution in [3.05, 3.63) is 35.5 Å². The van der Waals surface area contributed by atoms with Crippen LogP contribution >= 0.6 is 0 Å². The Morgan fingerprint density at radius 2 is 2.23 bits per heavy atom. The van der Waals surface area contributed by atoms with Crippen LogP contribution in [0.3, 0.4) is 0 Å². The van der Waals surface area contributed by atoms with E-state index < -0.39 is 0 Å². The molecule has 0 saturated carbocycles. The smallest absolute Gasteiger partial charge is 0.302 e. The summed E-state index contributed by atoms with van der Waals surface area (Å²) >= 11 is 0. The van der Waals surface area contributed by atoms with Crippen molar-refractivity contribution in [2.24, 2.45) is 5.92 Å². The lowest BCUT2D eigenvalue weighted by molar-refractivity contribution is -0.155. The number of benzene rings is 1. The molecule has 4 atom stereocenters. The fourth-order valence-electron chi connectivity index (χ4n) is 4.54. The zero-order valence-corrected chi connectivity index (χ0v) is 13.3. The second kappa shape index (κ2) is 4.85. The van der Waals surface area contributed by atoms with Gasteiger partial charge in [-0.05, 0) is 30.7 Å². The number of piperidine rings is 1. The second-order valence-electron chi connectivity index (χ2n) is 6.87. The Hall–Kier alpha value is -1.81. The Kier molecular flexibility index (Phi) is 3.05. The van der Waals surface area contributed by atoms with Crippen LogP contribution in [0.4, 0.5) is 0 Å². The normalized spacial score (nSPS) is 31.0. The topological polar surface area (TPSA) is 45.3 Å². The molecule has 0 radical (unpaired) electrons. The van der Waals surface area contributed by atoms with Gasteiger partial charge in [0.05, 0.1) is 0 Å². The third-order valence-corrected chi connectivity index (χ3v) is 5.38. The molecule has 2 aromatic rings. The van der Waals surface area contributed by atoms with E-state index in [9.17, 15) is 4.79 Å². The molecule has 1 aliphatic heterocycles. The van der Waals surface area contributed by atoms with Gasteiger partial charge in [0, 0.05) is 48.4 Å². The van der Waals surface area contributed by atoms with Crippen LogP contribution in [0.25, 0.3) is 10.9 Å². The molecule has 1 aromatic carbocycles. The number of nitrogens with one attached hydrogen (secondary N) is 1. The summed E-state index contributed by atoms with van der Waals surface area (Å²) in [5.41, 5.74) is 3.90. The largest absolute Gasteiger partial charge is 0.462 e. The lowest BCUT2D eigenvalue weighted by Crippen LogP contribution is -2.55. The van der Waals surface area contributed by atoms with Gasteiger partial charge >= 0.3 is 5.97 Å². The molecule has 2 heterocycles. The van der Waals surface area contributed by atoms with Gasteiger partial charge in [-0.2, -0.15) is 0 Å². The number of carbonyl (C=O) groups is 1. The summed E-state index contributed by atoms with van der Waals surface area (Å²) in [6.07, 6.45) is 3.12. The fourth-order valence-corrected chi connectivity index (χ4v) is 4.54. The number of aromatic nitrogens is 1. The number of likely N-dealkylation sites (N-methyl/N-ethyl adjacent to an activating group) is 1. The van der Waals surface area contributed by atoms with Crippen molar-refractivity contribution < 1.29 is 9.53 Å². The van der Waals surface area contributed by atoms with Gasteiger partial charge in [0.1, 0.15) is 6.10 Å². The number of fused-ring (bicyclic) bond motifs is 2. The minimum atomic E-state index is -0.174. The summed E-state index contributed by atoms with van der Waals surface area (Å²) in [7, 11) is 2.19. The highest BCUT2D eigenvalue weighted by Gasteiger charge is 2.46. The first-order valence-electron chi connectivity index (χ1n) is 8.02. The molecule has 1 aromatic heterocycles. The number of esters is 1. The zero-order valence-electron chi connectivity index (χ0n) is 13.3. The van der Waals surface area contributed by atoms with Crippen molar-refractivity contribution in [1.29, 1.82) is 0 Å². The van der Waals surface area contributed by atoms with Crippen LogP contribution in [-0.2, 0) is 16.0 Å². The predicted octanol–water partition coefficient (Wildman–Crippen LogP) is 2.69.